The molecular formula is C18H20N4O3S. The maximum absolute atomic E-state index is 13.1. The zero-order valence-corrected chi connectivity index (χ0v) is 15.2. The van der Waals surface area contributed by atoms with Crippen molar-refractivity contribution >= 4 is 26.7 Å². The standard InChI is InChI=1S/C18H20N4O3S/c1-14-19-18-16(20-10-12-21(23)13-11-20)8-5-9-17(18)22(14)26(24,25)15-6-3-2-4-7-15/h2-9,23H,10-13H2,1H3. The minimum atomic E-state index is -3.72. The van der Waals surface area contributed by atoms with E-state index in [4.69, 9.17) is 0 Å². The van der Waals surface area contributed by atoms with Crippen molar-refractivity contribution in [1.29, 1.82) is 0 Å². The second-order valence-electron chi connectivity index (χ2n) is 6.33. The van der Waals surface area contributed by atoms with Crippen molar-refractivity contribution in [1.82, 2.24) is 14.0 Å². The van der Waals surface area contributed by atoms with Crippen molar-refractivity contribution in [2.45, 2.75) is 11.8 Å². The number of hydroxylamine groups is 2. The molecule has 0 atom stereocenters. The number of piperazine rings is 1. The Labute approximate surface area is 152 Å². The molecule has 0 radical (unpaired) electrons. The minimum absolute atomic E-state index is 0.238. The van der Waals surface area contributed by atoms with Crippen LogP contribution in [-0.4, -0.2) is 53.8 Å². The first-order chi connectivity index (χ1) is 12.5. The van der Waals surface area contributed by atoms with E-state index in [9.17, 15) is 13.6 Å². The molecule has 1 aliphatic heterocycles. The number of para-hydroxylation sites is 1. The molecule has 4 rings (SSSR count). The molecule has 1 aromatic heterocycles. The van der Waals surface area contributed by atoms with E-state index in [-0.39, 0.29) is 4.90 Å². The summed E-state index contributed by atoms with van der Waals surface area (Å²) in [5, 5.41) is 10.9. The van der Waals surface area contributed by atoms with Crippen LogP contribution in [0.1, 0.15) is 5.82 Å². The largest absolute Gasteiger partial charge is 0.367 e. The number of anilines is 1. The molecule has 136 valence electrons. The fraction of sp³-hybridized carbons (Fsp3) is 0.278. The number of rotatable bonds is 3. The molecule has 1 fully saturated rings. The van der Waals surface area contributed by atoms with E-state index >= 15 is 0 Å². The minimum Gasteiger partial charge on any atom is -0.367 e. The topological polar surface area (TPSA) is 78.7 Å². The third-order valence-electron chi connectivity index (χ3n) is 4.66. The Morgan fingerprint density at radius 2 is 1.65 bits per heavy atom. The van der Waals surface area contributed by atoms with Gasteiger partial charge < -0.3 is 10.1 Å². The SMILES string of the molecule is Cc1nc2c(N3CCN(O)CC3)cccc2n1S(=O)(=O)c1ccccc1. The van der Waals surface area contributed by atoms with E-state index in [1.807, 2.05) is 12.1 Å². The number of imidazole rings is 1. The summed E-state index contributed by atoms with van der Waals surface area (Å²) in [4.78, 5) is 6.93. The molecule has 0 bridgehead atoms. The predicted octanol–water partition coefficient (Wildman–Crippen LogP) is 2.09. The van der Waals surface area contributed by atoms with Gasteiger partial charge in [-0.1, -0.05) is 24.3 Å². The summed E-state index contributed by atoms with van der Waals surface area (Å²) in [6.45, 7) is 4.10. The Morgan fingerprint density at radius 1 is 0.962 bits per heavy atom. The van der Waals surface area contributed by atoms with Crippen LogP contribution in [0.2, 0.25) is 0 Å². The maximum atomic E-state index is 13.1. The predicted molar refractivity (Wildman–Crippen MR) is 99.1 cm³/mol. The highest BCUT2D eigenvalue weighted by molar-refractivity contribution is 7.90. The fourth-order valence-electron chi connectivity index (χ4n) is 3.37. The first-order valence-corrected chi connectivity index (χ1v) is 9.90. The van der Waals surface area contributed by atoms with E-state index in [1.165, 1.54) is 9.04 Å². The smallest absolute Gasteiger partial charge is 0.269 e. The molecule has 2 aromatic carbocycles. The number of hydrogen-bond donors (Lipinski definition) is 1. The van der Waals surface area contributed by atoms with E-state index in [0.717, 1.165) is 5.69 Å². The molecule has 1 aliphatic rings. The zero-order valence-electron chi connectivity index (χ0n) is 14.4. The average Bonchev–Trinajstić information content (AvgIpc) is 2.99. The quantitative estimate of drug-likeness (QED) is 0.759. The molecule has 0 unspecified atom stereocenters. The fourth-order valence-corrected chi connectivity index (χ4v) is 4.88. The Bertz CT molecular complexity index is 1040. The third kappa shape index (κ3) is 2.76. The molecule has 26 heavy (non-hydrogen) atoms. The lowest BCUT2D eigenvalue weighted by molar-refractivity contribution is -0.0935. The van der Waals surface area contributed by atoms with Gasteiger partial charge in [-0.05, 0) is 31.2 Å². The molecule has 7 nitrogen and oxygen atoms in total. The number of fused-ring (bicyclic) bond motifs is 1. The summed E-state index contributed by atoms with van der Waals surface area (Å²) in [7, 11) is -3.72. The zero-order chi connectivity index (χ0) is 18.3. The van der Waals surface area contributed by atoms with Crippen LogP contribution in [-0.2, 0) is 10.0 Å². The number of aromatic nitrogens is 2. The lowest BCUT2D eigenvalue weighted by Gasteiger charge is -2.32. The molecule has 0 aliphatic carbocycles. The third-order valence-corrected chi connectivity index (χ3v) is 6.47. The molecule has 1 saturated heterocycles. The molecule has 0 saturated carbocycles. The average molecular weight is 372 g/mol. The number of nitrogens with zero attached hydrogens (tertiary/aromatic N) is 4. The summed E-state index contributed by atoms with van der Waals surface area (Å²) in [6, 6.07) is 14.0. The summed E-state index contributed by atoms with van der Waals surface area (Å²) in [5.74, 6) is 0.428. The van der Waals surface area contributed by atoms with E-state index in [0.29, 0.717) is 43.0 Å². The Balaban J connectivity index is 1.86. The van der Waals surface area contributed by atoms with Gasteiger partial charge in [0.1, 0.15) is 11.3 Å². The summed E-state index contributed by atoms with van der Waals surface area (Å²) in [6.07, 6.45) is 0. The van der Waals surface area contributed by atoms with Crippen LogP contribution >= 0.6 is 0 Å². The lowest BCUT2D eigenvalue weighted by atomic mass is 10.2. The molecule has 1 N–H and O–H groups in total. The van der Waals surface area contributed by atoms with Crippen molar-refractivity contribution in [3.05, 3.63) is 54.4 Å². The van der Waals surface area contributed by atoms with Crippen LogP contribution in [0.4, 0.5) is 5.69 Å². The molecule has 0 amide bonds. The van der Waals surface area contributed by atoms with Gasteiger partial charge in [0.15, 0.2) is 0 Å². The number of benzene rings is 2. The highest BCUT2D eigenvalue weighted by atomic mass is 32.2. The van der Waals surface area contributed by atoms with Crippen LogP contribution in [0.3, 0.4) is 0 Å². The Hall–Kier alpha value is -2.42. The number of aryl methyl sites for hydroxylation is 1. The highest BCUT2D eigenvalue weighted by Gasteiger charge is 2.25. The first-order valence-electron chi connectivity index (χ1n) is 8.46. The van der Waals surface area contributed by atoms with Gasteiger partial charge in [0.05, 0.1) is 16.1 Å². The first kappa shape index (κ1) is 17.0. The normalized spacial score (nSPS) is 16.3. The van der Waals surface area contributed by atoms with E-state index < -0.39 is 10.0 Å². The lowest BCUT2D eigenvalue weighted by Crippen LogP contribution is -2.44. The van der Waals surface area contributed by atoms with E-state index in [1.54, 1.807) is 43.3 Å². The number of hydrogen-bond acceptors (Lipinski definition) is 6. The Morgan fingerprint density at radius 3 is 2.35 bits per heavy atom. The monoisotopic (exact) mass is 372 g/mol. The summed E-state index contributed by atoms with van der Waals surface area (Å²) < 4.78 is 27.6. The van der Waals surface area contributed by atoms with Gasteiger partial charge in [-0.25, -0.2) is 17.4 Å². The summed E-state index contributed by atoms with van der Waals surface area (Å²) in [5.41, 5.74) is 2.12. The second kappa shape index (κ2) is 6.39. The highest BCUT2D eigenvalue weighted by Crippen LogP contribution is 2.30. The van der Waals surface area contributed by atoms with Crippen molar-refractivity contribution < 1.29 is 13.6 Å². The van der Waals surface area contributed by atoms with Gasteiger partial charge in [-0.3, -0.25) is 0 Å². The van der Waals surface area contributed by atoms with E-state index in [2.05, 4.69) is 9.88 Å². The van der Waals surface area contributed by atoms with Crippen molar-refractivity contribution in [2.75, 3.05) is 31.1 Å². The van der Waals surface area contributed by atoms with Crippen LogP contribution in [0.25, 0.3) is 11.0 Å². The maximum Gasteiger partial charge on any atom is 0.269 e. The molecule has 0 spiro atoms. The van der Waals surface area contributed by atoms with Crippen molar-refractivity contribution in [3.8, 4) is 0 Å². The van der Waals surface area contributed by atoms with Gasteiger partial charge >= 0.3 is 0 Å². The van der Waals surface area contributed by atoms with Gasteiger partial charge in [-0.2, -0.15) is 5.06 Å². The van der Waals surface area contributed by atoms with Crippen molar-refractivity contribution in [3.63, 3.8) is 0 Å². The van der Waals surface area contributed by atoms with Crippen LogP contribution in [0.15, 0.2) is 53.4 Å². The van der Waals surface area contributed by atoms with Crippen LogP contribution < -0.4 is 4.90 Å². The van der Waals surface area contributed by atoms with Gasteiger partial charge in [0.25, 0.3) is 10.0 Å². The summed E-state index contributed by atoms with van der Waals surface area (Å²) >= 11 is 0. The van der Waals surface area contributed by atoms with Crippen LogP contribution in [0.5, 0.6) is 0 Å². The van der Waals surface area contributed by atoms with Crippen LogP contribution in [0, 0.1) is 6.92 Å². The van der Waals surface area contributed by atoms with Crippen molar-refractivity contribution in [2.24, 2.45) is 0 Å². The molecule has 8 heteroatoms. The van der Waals surface area contributed by atoms with Gasteiger partial charge in [0.2, 0.25) is 0 Å². The van der Waals surface area contributed by atoms with Gasteiger partial charge in [0, 0.05) is 26.2 Å². The molecular weight excluding hydrogens is 352 g/mol. The molecule has 3 aromatic rings. The van der Waals surface area contributed by atoms with Gasteiger partial charge in [-0.15, -0.1) is 0 Å². The Kier molecular flexibility index (Phi) is 4.18. The molecule has 2 heterocycles. The second-order valence-corrected chi connectivity index (χ2v) is 8.11.